The first-order valence-electron chi connectivity index (χ1n) is 4.70. The van der Waals surface area contributed by atoms with E-state index in [4.69, 9.17) is 0 Å². The van der Waals surface area contributed by atoms with Crippen molar-refractivity contribution in [2.75, 3.05) is 0 Å². The molecule has 5 heteroatoms. The number of rotatable bonds is 2. The van der Waals surface area contributed by atoms with Crippen molar-refractivity contribution >= 4 is 38.5 Å². The molecule has 84 valence electrons. The molecule has 0 spiro atoms. The number of nitrogens with zero attached hydrogens (tertiary/aromatic N) is 2. The first-order chi connectivity index (χ1) is 7.56. The number of hydrogen-bond acceptors (Lipinski definition) is 1. The van der Waals surface area contributed by atoms with Gasteiger partial charge in [-0.3, -0.25) is 4.68 Å². The normalized spacial score (nSPS) is 10.8. The van der Waals surface area contributed by atoms with Crippen molar-refractivity contribution in [2.45, 2.75) is 13.5 Å². The van der Waals surface area contributed by atoms with Gasteiger partial charge in [0.25, 0.3) is 0 Å². The van der Waals surface area contributed by atoms with Crippen LogP contribution in [0.4, 0.5) is 4.39 Å². The van der Waals surface area contributed by atoms with Gasteiger partial charge in [0.1, 0.15) is 9.52 Å². The van der Waals surface area contributed by atoms with E-state index >= 15 is 0 Å². The standard InChI is InChI=1S/C11H9BrFIN2/c1-7-5-16(15-11(7)14)6-8-4-9(13)2-3-10(8)12/h2-5H,6H2,1H3. The first kappa shape index (κ1) is 12.0. The summed E-state index contributed by atoms with van der Waals surface area (Å²) < 4.78 is 16.8. The van der Waals surface area contributed by atoms with Gasteiger partial charge in [-0.1, -0.05) is 15.9 Å². The molecule has 0 saturated carbocycles. The molecule has 0 aliphatic rings. The number of aryl methyl sites for hydroxylation is 1. The van der Waals surface area contributed by atoms with E-state index in [-0.39, 0.29) is 5.82 Å². The van der Waals surface area contributed by atoms with Gasteiger partial charge in [0.2, 0.25) is 0 Å². The predicted octanol–water partition coefficient (Wildman–Crippen LogP) is 3.75. The second-order valence-electron chi connectivity index (χ2n) is 3.54. The Kier molecular flexibility index (Phi) is 3.63. The Hall–Kier alpha value is -0.430. The van der Waals surface area contributed by atoms with Gasteiger partial charge in [-0.2, -0.15) is 5.10 Å². The van der Waals surface area contributed by atoms with Gasteiger partial charge >= 0.3 is 0 Å². The molecule has 0 atom stereocenters. The van der Waals surface area contributed by atoms with Gasteiger partial charge < -0.3 is 0 Å². The first-order valence-corrected chi connectivity index (χ1v) is 6.57. The van der Waals surface area contributed by atoms with Gasteiger partial charge in [0, 0.05) is 16.2 Å². The molecule has 0 N–H and O–H groups in total. The molecular formula is C11H9BrFIN2. The molecule has 0 aliphatic carbocycles. The van der Waals surface area contributed by atoms with Crippen LogP contribution in [0, 0.1) is 16.4 Å². The fraction of sp³-hybridized carbons (Fsp3) is 0.182. The van der Waals surface area contributed by atoms with Crippen LogP contribution in [0.15, 0.2) is 28.9 Å². The fourth-order valence-electron chi connectivity index (χ4n) is 1.42. The third-order valence-corrected chi connectivity index (χ3v) is 4.06. The maximum absolute atomic E-state index is 13.1. The lowest BCUT2D eigenvalue weighted by atomic mass is 10.2. The van der Waals surface area contributed by atoms with Crippen LogP contribution in [0.1, 0.15) is 11.1 Å². The number of halogens is 3. The molecule has 0 fully saturated rings. The molecule has 0 saturated heterocycles. The molecule has 2 nitrogen and oxygen atoms in total. The Labute approximate surface area is 115 Å². The predicted molar refractivity (Wildman–Crippen MR) is 72.9 cm³/mol. The fourth-order valence-corrected chi connectivity index (χ4v) is 2.21. The quantitative estimate of drug-likeness (QED) is 0.709. The van der Waals surface area contributed by atoms with Crippen LogP contribution in [0.3, 0.4) is 0 Å². The van der Waals surface area contributed by atoms with Crippen LogP contribution in [0.2, 0.25) is 0 Å². The summed E-state index contributed by atoms with van der Waals surface area (Å²) in [7, 11) is 0. The Morgan fingerprint density at radius 1 is 1.50 bits per heavy atom. The Bertz CT molecular complexity index is 505. The van der Waals surface area contributed by atoms with E-state index in [9.17, 15) is 4.39 Å². The average molecular weight is 395 g/mol. The highest BCUT2D eigenvalue weighted by Crippen LogP contribution is 2.19. The topological polar surface area (TPSA) is 17.8 Å². The summed E-state index contributed by atoms with van der Waals surface area (Å²) in [4.78, 5) is 0. The van der Waals surface area contributed by atoms with Crippen LogP contribution < -0.4 is 0 Å². The summed E-state index contributed by atoms with van der Waals surface area (Å²) in [5.41, 5.74) is 2.02. The van der Waals surface area contributed by atoms with Crippen molar-refractivity contribution in [1.29, 1.82) is 0 Å². The summed E-state index contributed by atoms with van der Waals surface area (Å²) in [6, 6.07) is 4.67. The zero-order valence-corrected chi connectivity index (χ0v) is 12.3. The van der Waals surface area contributed by atoms with Gasteiger partial charge in [0.05, 0.1) is 6.54 Å². The van der Waals surface area contributed by atoms with Crippen molar-refractivity contribution in [3.63, 3.8) is 0 Å². The van der Waals surface area contributed by atoms with Gasteiger partial charge in [0.15, 0.2) is 0 Å². The third kappa shape index (κ3) is 2.63. The zero-order chi connectivity index (χ0) is 11.7. The molecule has 16 heavy (non-hydrogen) atoms. The minimum atomic E-state index is -0.225. The monoisotopic (exact) mass is 394 g/mol. The molecular weight excluding hydrogens is 386 g/mol. The van der Waals surface area contributed by atoms with Crippen molar-refractivity contribution in [3.05, 3.63) is 49.5 Å². The van der Waals surface area contributed by atoms with E-state index < -0.39 is 0 Å². The largest absolute Gasteiger partial charge is 0.267 e. The molecule has 0 amide bonds. The second kappa shape index (κ2) is 4.83. The summed E-state index contributed by atoms with van der Waals surface area (Å²) in [6.07, 6.45) is 1.96. The molecule has 0 unspecified atom stereocenters. The highest BCUT2D eigenvalue weighted by atomic mass is 127. The van der Waals surface area contributed by atoms with Crippen LogP contribution in [0.5, 0.6) is 0 Å². The van der Waals surface area contributed by atoms with Crippen molar-refractivity contribution in [1.82, 2.24) is 9.78 Å². The van der Waals surface area contributed by atoms with Gasteiger partial charge in [-0.05, 0) is 53.3 Å². The van der Waals surface area contributed by atoms with E-state index in [0.717, 1.165) is 19.3 Å². The number of benzene rings is 1. The summed E-state index contributed by atoms with van der Waals surface area (Å²) >= 11 is 5.59. The lowest BCUT2D eigenvalue weighted by molar-refractivity contribution is 0.618. The highest BCUT2D eigenvalue weighted by molar-refractivity contribution is 14.1. The summed E-state index contributed by atoms with van der Waals surface area (Å²) in [6.45, 7) is 2.58. The Morgan fingerprint density at radius 2 is 2.25 bits per heavy atom. The lowest BCUT2D eigenvalue weighted by Crippen LogP contribution is -2.01. The van der Waals surface area contributed by atoms with Crippen LogP contribution in [0.25, 0.3) is 0 Å². The van der Waals surface area contributed by atoms with E-state index in [2.05, 4.69) is 43.6 Å². The number of hydrogen-bond donors (Lipinski definition) is 0. The van der Waals surface area contributed by atoms with E-state index in [1.165, 1.54) is 12.1 Å². The minimum absolute atomic E-state index is 0.225. The van der Waals surface area contributed by atoms with Crippen LogP contribution in [-0.2, 0) is 6.54 Å². The van der Waals surface area contributed by atoms with Crippen molar-refractivity contribution < 1.29 is 4.39 Å². The highest BCUT2D eigenvalue weighted by Gasteiger charge is 2.05. The van der Waals surface area contributed by atoms with E-state index in [1.54, 1.807) is 6.07 Å². The van der Waals surface area contributed by atoms with Crippen molar-refractivity contribution in [3.8, 4) is 0 Å². The average Bonchev–Trinajstić information content (AvgIpc) is 2.52. The summed E-state index contributed by atoms with van der Waals surface area (Å²) in [5, 5.41) is 4.34. The summed E-state index contributed by atoms with van der Waals surface area (Å²) in [5.74, 6) is -0.225. The van der Waals surface area contributed by atoms with Crippen molar-refractivity contribution in [2.24, 2.45) is 0 Å². The molecule has 2 aromatic rings. The Balaban J connectivity index is 2.29. The maximum Gasteiger partial charge on any atom is 0.126 e. The van der Waals surface area contributed by atoms with Crippen LogP contribution in [-0.4, -0.2) is 9.78 Å². The molecule has 0 bridgehead atoms. The van der Waals surface area contributed by atoms with E-state index in [1.807, 2.05) is 17.8 Å². The van der Waals surface area contributed by atoms with Gasteiger partial charge in [-0.15, -0.1) is 0 Å². The molecule has 2 rings (SSSR count). The Morgan fingerprint density at radius 3 is 2.88 bits per heavy atom. The molecule has 1 heterocycles. The molecule has 0 aliphatic heterocycles. The molecule has 0 radical (unpaired) electrons. The third-order valence-electron chi connectivity index (χ3n) is 2.22. The lowest BCUT2D eigenvalue weighted by Gasteiger charge is -2.04. The molecule has 1 aromatic carbocycles. The smallest absolute Gasteiger partial charge is 0.126 e. The SMILES string of the molecule is Cc1cn(Cc2cc(F)ccc2Br)nc1I. The zero-order valence-electron chi connectivity index (χ0n) is 8.54. The number of aromatic nitrogens is 2. The second-order valence-corrected chi connectivity index (χ2v) is 5.41. The minimum Gasteiger partial charge on any atom is -0.267 e. The molecule has 1 aromatic heterocycles. The van der Waals surface area contributed by atoms with Gasteiger partial charge in [-0.25, -0.2) is 4.39 Å². The van der Waals surface area contributed by atoms with Crippen LogP contribution >= 0.6 is 38.5 Å². The van der Waals surface area contributed by atoms with E-state index in [0.29, 0.717) is 6.54 Å². The maximum atomic E-state index is 13.1.